The maximum Gasteiger partial charge on any atom is 0.331 e. The number of hydrogen-bond acceptors (Lipinski definition) is 5. The van der Waals surface area contributed by atoms with Crippen LogP contribution in [0.5, 0.6) is 0 Å². The standard InChI is InChI=1S/C13H18N2O4S/c1-2-3-4-5-14-9-11(17)15-10(13(18)19)8(6-16)7-20-12(9)15/h9-10,12,14H,2-5,7H2,1H3,(H,18,19)/t9?,10?,12-/m1/s1. The minimum atomic E-state index is -1.16. The lowest BCUT2D eigenvalue weighted by atomic mass is 9.98. The van der Waals surface area contributed by atoms with Crippen LogP contribution in [-0.2, 0) is 14.4 Å². The van der Waals surface area contributed by atoms with Crippen molar-refractivity contribution >= 4 is 29.6 Å². The highest BCUT2D eigenvalue weighted by Gasteiger charge is 2.56. The van der Waals surface area contributed by atoms with Crippen molar-refractivity contribution < 1.29 is 19.5 Å². The third kappa shape index (κ3) is 2.61. The van der Waals surface area contributed by atoms with Gasteiger partial charge in [-0.25, -0.2) is 9.59 Å². The lowest BCUT2D eigenvalue weighted by molar-refractivity contribution is -0.159. The van der Waals surface area contributed by atoms with E-state index in [2.05, 4.69) is 12.2 Å². The van der Waals surface area contributed by atoms with Gasteiger partial charge in [-0.3, -0.25) is 4.79 Å². The Balaban J connectivity index is 2.00. The molecule has 0 aromatic rings. The Morgan fingerprint density at radius 3 is 2.90 bits per heavy atom. The van der Waals surface area contributed by atoms with Crippen LogP contribution in [0.4, 0.5) is 0 Å². The Labute approximate surface area is 121 Å². The van der Waals surface area contributed by atoms with Crippen molar-refractivity contribution in [3.05, 3.63) is 5.57 Å². The molecule has 2 aliphatic rings. The number of carboxylic acids is 1. The van der Waals surface area contributed by atoms with Gasteiger partial charge < -0.3 is 15.3 Å². The molecule has 2 N–H and O–H groups in total. The minimum absolute atomic E-state index is 0.136. The van der Waals surface area contributed by atoms with E-state index in [1.807, 2.05) is 0 Å². The Morgan fingerprint density at radius 2 is 2.30 bits per heavy atom. The lowest BCUT2D eigenvalue weighted by Crippen LogP contribution is -2.74. The zero-order chi connectivity index (χ0) is 14.7. The number of carbonyl (C=O) groups excluding carboxylic acids is 2. The second-order valence-electron chi connectivity index (χ2n) is 4.95. The Bertz CT molecular complexity index is 461. The van der Waals surface area contributed by atoms with Gasteiger partial charge in [0.2, 0.25) is 5.91 Å². The molecule has 0 aromatic heterocycles. The predicted octanol–water partition coefficient (Wildman–Crippen LogP) is 0.261. The number of carbonyl (C=O) groups is 2. The maximum absolute atomic E-state index is 12.1. The number of nitrogens with zero attached hydrogens (tertiary/aromatic N) is 1. The molecule has 0 spiro atoms. The van der Waals surface area contributed by atoms with Crippen molar-refractivity contribution in [3.8, 4) is 0 Å². The topological polar surface area (TPSA) is 86.7 Å². The summed E-state index contributed by atoms with van der Waals surface area (Å²) in [7, 11) is 0. The number of nitrogens with one attached hydrogen (secondary N) is 1. The van der Waals surface area contributed by atoms with Crippen molar-refractivity contribution in [2.45, 2.75) is 43.6 Å². The molecule has 6 nitrogen and oxygen atoms in total. The van der Waals surface area contributed by atoms with E-state index < -0.39 is 12.0 Å². The predicted molar refractivity (Wildman–Crippen MR) is 75.0 cm³/mol. The van der Waals surface area contributed by atoms with Gasteiger partial charge in [-0.1, -0.05) is 19.8 Å². The molecular formula is C13H18N2O4S. The number of amides is 1. The fourth-order valence-electron chi connectivity index (χ4n) is 2.53. The largest absolute Gasteiger partial charge is 0.479 e. The van der Waals surface area contributed by atoms with Gasteiger partial charge in [-0.2, -0.15) is 0 Å². The first-order valence-corrected chi connectivity index (χ1v) is 7.80. The van der Waals surface area contributed by atoms with Crippen molar-refractivity contribution in [2.75, 3.05) is 12.3 Å². The summed E-state index contributed by atoms with van der Waals surface area (Å²) in [4.78, 5) is 35.4. The average molecular weight is 298 g/mol. The number of fused-ring (bicyclic) bond motifs is 1. The molecule has 0 radical (unpaired) electrons. The number of aliphatic carboxylic acids is 1. The molecule has 0 bridgehead atoms. The maximum atomic E-state index is 12.1. The van der Waals surface area contributed by atoms with Crippen molar-refractivity contribution in [2.24, 2.45) is 0 Å². The second-order valence-corrected chi connectivity index (χ2v) is 6.06. The first-order valence-electron chi connectivity index (χ1n) is 6.75. The van der Waals surface area contributed by atoms with Gasteiger partial charge in [0, 0.05) is 5.75 Å². The van der Waals surface area contributed by atoms with Crippen molar-refractivity contribution in [1.29, 1.82) is 0 Å². The van der Waals surface area contributed by atoms with Crippen LogP contribution in [0, 0.1) is 0 Å². The number of thioether (sulfide) groups is 1. The Morgan fingerprint density at radius 1 is 1.55 bits per heavy atom. The normalized spacial score (nSPS) is 28.6. The van der Waals surface area contributed by atoms with E-state index in [9.17, 15) is 19.5 Å². The summed E-state index contributed by atoms with van der Waals surface area (Å²) in [5, 5.41) is 12.2. The highest BCUT2D eigenvalue weighted by atomic mass is 32.2. The van der Waals surface area contributed by atoms with Crippen LogP contribution in [0.1, 0.15) is 26.2 Å². The molecule has 0 aliphatic carbocycles. The fraction of sp³-hybridized carbons (Fsp3) is 0.692. The molecule has 20 heavy (non-hydrogen) atoms. The van der Waals surface area contributed by atoms with Gasteiger partial charge in [0.25, 0.3) is 0 Å². The smallest absolute Gasteiger partial charge is 0.331 e. The molecule has 2 rings (SSSR count). The van der Waals surface area contributed by atoms with Crippen molar-refractivity contribution in [3.63, 3.8) is 0 Å². The summed E-state index contributed by atoms with van der Waals surface area (Å²) in [5.74, 6) is 0.590. The van der Waals surface area contributed by atoms with Gasteiger partial charge in [-0.15, -0.1) is 11.8 Å². The van der Waals surface area contributed by atoms with Gasteiger partial charge in [0.15, 0.2) is 6.04 Å². The summed E-state index contributed by atoms with van der Waals surface area (Å²) in [6, 6.07) is -1.47. The molecular weight excluding hydrogens is 280 g/mol. The molecule has 2 saturated heterocycles. The van der Waals surface area contributed by atoms with Gasteiger partial charge in [-0.05, 0) is 13.0 Å². The van der Waals surface area contributed by atoms with E-state index in [0.717, 1.165) is 25.8 Å². The van der Waals surface area contributed by atoms with E-state index in [4.69, 9.17) is 0 Å². The molecule has 0 saturated carbocycles. The van der Waals surface area contributed by atoms with E-state index in [0.29, 0.717) is 5.75 Å². The van der Waals surface area contributed by atoms with Crippen LogP contribution in [0.3, 0.4) is 0 Å². The number of carboxylic acid groups (broad SMARTS) is 1. The number of rotatable bonds is 6. The van der Waals surface area contributed by atoms with Gasteiger partial charge in [0.1, 0.15) is 17.4 Å². The summed E-state index contributed by atoms with van der Waals surface area (Å²) >= 11 is 1.42. The molecule has 2 fully saturated rings. The zero-order valence-electron chi connectivity index (χ0n) is 11.3. The molecule has 1 amide bonds. The first-order chi connectivity index (χ1) is 9.61. The second kappa shape index (κ2) is 6.43. The van der Waals surface area contributed by atoms with Gasteiger partial charge in [0.05, 0.1) is 5.57 Å². The Hall–Kier alpha value is -1.30. The highest BCUT2D eigenvalue weighted by molar-refractivity contribution is 8.00. The highest BCUT2D eigenvalue weighted by Crippen LogP contribution is 2.39. The summed E-state index contributed by atoms with van der Waals surface area (Å²) < 4.78 is 0. The summed E-state index contributed by atoms with van der Waals surface area (Å²) in [5.41, 5.74) is 0.136. The molecule has 2 unspecified atom stereocenters. The minimum Gasteiger partial charge on any atom is -0.479 e. The van der Waals surface area contributed by atoms with Crippen LogP contribution in [-0.4, -0.2) is 57.6 Å². The zero-order valence-corrected chi connectivity index (χ0v) is 12.1. The van der Waals surface area contributed by atoms with Crippen LogP contribution in [0.25, 0.3) is 0 Å². The third-order valence-corrected chi connectivity index (χ3v) is 4.93. The molecule has 2 aliphatic heterocycles. The van der Waals surface area contributed by atoms with Crippen LogP contribution >= 0.6 is 11.8 Å². The molecule has 3 atom stereocenters. The molecule has 7 heteroatoms. The summed E-state index contributed by atoms with van der Waals surface area (Å²) in [6.45, 7) is 2.86. The number of hydrogen-bond donors (Lipinski definition) is 2. The SMILES string of the molecule is CCCCCNC1C(=O)N2C(C(=O)O)C(=C=O)CS[C@H]12. The third-order valence-electron chi connectivity index (χ3n) is 3.61. The van der Waals surface area contributed by atoms with Crippen LogP contribution in [0.2, 0.25) is 0 Å². The quantitative estimate of drug-likeness (QED) is 0.415. The molecule has 2 heterocycles. The number of unbranched alkanes of at least 4 members (excludes halogenated alkanes) is 2. The summed E-state index contributed by atoms with van der Waals surface area (Å²) in [6.07, 6.45) is 3.21. The lowest BCUT2D eigenvalue weighted by Gasteiger charge is -2.52. The molecule has 0 aromatic carbocycles. The van der Waals surface area contributed by atoms with E-state index in [1.165, 1.54) is 16.7 Å². The Kier molecular flexibility index (Phi) is 4.86. The van der Waals surface area contributed by atoms with E-state index >= 15 is 0 Å². The first kappa shape index (κ1) is 15.1. The average Bonchev–Trinajstić information content (AvgIpc) is 2.45. The van der Waals surface area contributed by atoms with Gasteiger partial charge >= 0.3 is 5.97 Å². The monoisotopic (exact) mass is 298 g/mol. The van der Waals surface area contributed by atoms with Crippen molar-refractivity contribution in [1.82, 2.24) is 10.2 Å². The van der Waals surface area contributed by atoms with E-state index in [1.54, 1.807) is 5.94 Å². The van der Waals surface area contributed by atoms with E-state index in [-0.39, 0.29) is 22.9 Å². The fourth-order valence-corrected chi connectivity index (χ4v) is 3.89. The van der Waals surface area contributed by atoms with Crippen LogP contribution < -0.4 is 5.32 Å². The van der Waals surface area contributed by atoms with Crippen LogP contribution in [0.15, 0.2) is 5.57 Å². The molecule has 110 valence electrons. The number of β-lactam (4-membered cyclic amide) rings is 1.